The molecule has 2 fully saturated rings. The van der Waals surface area contributed by atoms with Crippen molar-refractivity contribution in [2.75, 3.05) is 39.8 Å². The van der Waals surface area contributed by atoms with Crippen LogP contribution < -0.4 is 4.74 Å². The van der Waals surface area contributed by atoms with Gasteiger partial charge in [0.2, 0.25) is 5.91 Å². The molecule has 4 nitrogen and oxygen atoms in total. The Balaban J connectivity index is 1.52. The van der Waals surface area contributed by atoms with Crippen molar-refractivity contribution < 1.29 is 9.53 Å². The topological polar surface area (TPSA) is 32.8 Å². The summed E-state index contributed by atoms with van der Waals surface area (Å²) in [5, 5.41) is 0. The summed E-state index contributed by atoms with van der Waals surface area (Å²) in [6.07, 6.45) is 4.18. The molecule has 1 spiro atoms. The Kier molecular flexibility index (Phi) is 4.90. The third-order valence-electron chi connectivity index (χ3n) is 5.40. The van der Waals surface area contributed by atoms with Crippen molar-refractivity contribution in [1.29, 1.82) is 0 Å². The van der Waals surface area contributed by atoms with Crippen LogP contribution in [0.4, 0.5) is 0 Å². The lowest BCUT2D eigenvalue weighted by molar-refractivity contribution is -0.135. The third-order valence-corrected chi connectivity index (χ3v) is 5.40. The molecule has 0 bridgehead atoms. The quantitative estimate of drug-likeness (QED) is 0.809. The van der Waals surface area contributed by atoms with Crippen LogP contribution in [0.1, 0.15) is 31.7 Å². The minimum Gasteiger partial charge on any atom is -0.497 e. The molecule has 2 aliphatic heterocycles. The van der Waals surface area contributed by atoms with Crippen LogP contribution >= 0.6 is 0 Å². The van der Waals surface area contributed by atoms with Crippen molar-refractivity contribution in [1.82, 2.24) is 9.80 Å². The molecule has 126 valence electrons. The number of benzene rings is 1. The Morgan fingerprint density at radius 3 is 2.57 bits per heavy atom. The van der Waals surface area contributed by atoms with E-state index < -0.39 is 0 Å². The van der Waals surface area contributed by atoms with Crippen molar-refractivity contribution >= 4 is 5.91 Å². The van der Waals surface area contributed by atoms with E-state index in [9.17, 15) is 4.79 Å². The van der Waals surface area contributed by atoms with E-state index in [1.165, 1.54) is 5.56 Å². The van der Waals surface area contributed by atoms with Gasteiger partial charge in [-0.1, -0.05) is 19.1 Å². The molecule has 2 aliphatic rings. The normalized spacial score (nSPS) is 24.8. The number of carbonyl (C=O) groups is 1. The fraction of sp³-hybridized carbons (Fsp3) is 0.632. The van der Waals surface area contributed by atoms with Gasteiger partial charge in [0.05, 0.1) is 12.5 Å². The van der Waals surface area contributed by atoms with Crippen LogP contribution in [-0.4, -0.2) is 55.5 Å². The van der Waals surface area contributed by atoms with Crippen LogP contribution in [-0.2, 0) is 11.2 Å². The number of likely N-dealkylation sites (tertiary alicyclic amines) is 2. The van der Waals surface area contributed by atoms with Gasteiger partial charge in [0.25, 0.3) is 0 Å². The Labute approximate surface area is 139 Å². The SMILES string of the molecule is CCCN1CCC2(CCN(CCc3ccc(OC)cc3)C2)C1=O. The number of hydrogen-bond donors (Lipinski definition) is 0. The minimum absolute atomic E-state index is 0.0743. The first-order chi connectivity index (χ1) is 11.2. The van der Waals surface area contributed by atoms with Gasteiger partial charge in [-0.2, -0.15) is 0 Å². The molecule has 0 radical (unpaired) electrons. The highest BCUT2D eigenvalue weighted by molar-refractivity contribution is 5.85. The summed E-state index contributed by atoms with van der Waals surface area (Å²) in [4.78, 5) is 17.2. The summed E-state index contributed by atoms with van der Waals surface area (Å²) >= 11 is 0. The van der Waals surface area contributed by atoms with Gasteiger partial charge in [0.1, 0.15) is 5.75 Å². The second-order valence-corrected chi connectivity index (χ2v) is 6.95. The second kappa shape index (κ2) is 6.91. The Morgan fingerprint density at radius 1 is 1.13 bits per heavy atom. The number of carbonyl (C=O) groups excluding carboxylic acids is 1. The van der Waals surface area contributed by atoms with Crippen molar-refractivity contribution in [3.05, 3.63) is 29.8 Å². The Bertz CT molecular complexity index is 543. The van der Waals surface area contributed by atoms with E-state index in [0.29, 0.717) is 5.91 Å². The van der Waals surface area contributed by atoms with Crippen molar-refractivity contribution in [3.8, 4) is 5.75 Å². The molecular weight excluding hydrogens is 288 g/mol. The van der Waals surface area contributed by atoms with Gasteiger partial charge in [0.15, 0.2) is 0 Å². The molecule has 0 saturated carbocycles. The van der Waals surface area contributed by atoms with Crippen LogP contribution in [0.25, 0.3) is 0 Å². The number of amides is 1. The van der Waals surface area contributed by atoms with E-state index in [-0.39, 0.29) is 5.41 Å². The maximum absolute atomic E-state index is 12.7. The monoisotopic (exact) mass is 316 g/mol. The average Bonchev–Trinajstić information content (AvgIpc) is 3.13. The molecule has 1 aromatic carbocycles. The predicted molar refractivity (Wildman–Crippen MR) is 91.7 cm³/mol. The standard InChI is InChI=1S/C19H28N2O2/c1-3-11-21-14-10-19(18(21)22)9-13-20(15-19)12-8-16-4-6-17(23-2)7-5-16/h4-7H,3,8-15H2,1-2H3. The summed E-state index contributed by atoms with van der Waals surface area (Å²) in [7, 11) is 1.69. The fourth-order valence-electron chi connectivity index (χ4n) is 3.98. The molecule has 23 heavy (non-hydrogen) atoms. The maximum atomic E-state index is 12.7. The van der Waals surface area contributed by atoms with E-state index in [2.05, 4.69) is 28.9 Å². The molecule has 0 aromatic heterocycles. The summed E-state index contributed by atoms with van der Waals surface area (Å²) < 4.78 is 5.20. The number of ether oxygens (including phenoxy) is 1. The lowest BCUT2D eigenvalue weighted by Crippen LogP contribution is -2.37. The smallest absolute Gasteiger partial charge is 0.230 e. The molecule has 2 heterocycles. The highest BCUT2D eigenvalue weighted by atomic mass is 16.5. The molecule has 0 N–H and O–H groups in total. The van der Waals surface area contributed by atoms with Crippen molar-refractivity contribution in [2.45, 2.75) is 32.6 Å². The summed E-state index contributed by atoms with van der Waals surface area (Å²) in [5.74, 6) is 1.31. The van der Waals surface area contributed by atoms with Crippen molar-refractivity contribution in [3.63, 3.8) is 0 Å². The largest absolute Gasteiger partial charge is 0.497 e. The first-order valence-electron chi connectivity index (χ1n) is 8.81. The lowest BCUT2D eigenvalue weighted by atomic mass is 9.85. The van der Waals surface area contributed by atoms with Gasteiger partial charge in [-0.05, 0) is 49.9 Å². The molecule has 1 unspecified atom stereocenters. The maximum Gasteiger partial charge on any atom is 0.230 e. The molecular formula is C19H28N2O2. The van der Waals surface area contributed by atoms with E-state index in [1.807, 2.05) is 12.1 Å². The molecule has 4 heteroatoms. The van der Waals surface area contributed by atoms with Crippen LogP contribution in [0.3, 0.4) is 0 Å². The van der Waals surface area contributed by atoms with E-state index >= 15 is 0 Å². The van der Waals surface area contributed by atoms with Gasteiger partial charge in [-0.15, -0.1) is 0 Å². The molecule has 1 atom stereocenters. The Morgan fingerprint density at radius 2 is 1.87 bits per heavy atom. The van der Waals surface area contributed by atoms with E-state index in [4.69, 9.17) is 4.74 Å². The average molecular weight is 316 g/mol. The minimum atomic E-state index is -0.0743. The fourth-order valence-corrected chi connectivity index (χ4v) is 3.98. The zero-order chi connectivity index (χ0) is 16.3. The van der Waals surface area contributed by atoms with Gasteiger partial charge in [-0.3, -0.25) is 4.79 Å². The molecule has 1 aromatic rings. The summed E-state index contributed by atoms with van der Waals surface area (Å²) in [5.41, 5.74) is 1.26. The number of hydrogen-bond acceptors (Lipinski definition) is 3. The van der Waals surface area contributed by atoms with E-state index in [1.54, 1.807) is 7.11 Å². The van der Waals surface area contributed by atoms with Crippen LogP contribution in [0, 0.1) is 5.41 Å². The summed E-state index contributed by atoms with van der Waals surface area (Å²) in [6.45, 7) is 7.07. The Hall–Kier alpha value is -1.55. The number of methoxy groups -OCH3 is 1. The highest BCUT2D eigenvalue weighted by Gasteiger charge is 2.49. The first-order valence-corrected chi connectivity index (χ1v) is 8.81. The predicted octanol–water partition coefficient (Wildman–Crippen LogP) is 2.57. The second-order valence-electron chi connectivity index (χ2n) is 6.95. The van der Waals surface area contributed by atoms with Crippen molar-refractivity contribution in [2.24, 2.45) is 5.41 Å². The summed E-state index contributed by atoms with van der Waals surface area (Å²) in [6, 6.07) is 8.30. The number of rotatable bonds is 6. The van der Waals surface area contributed by atoms with Crippen LogP contribution in [0.5, 0.6) is 5.75 Å². The highest BCUT2D eigenvalue weighted by Crippen LogP contribution is 2.40. The number of nitrogens with zero attached hydrogens (tertiary/aromatic N) is 2. The van der Waals surface area contributed by atoms with E-state index in [0.717, 1.165) is 64.2 Å². The molecule has 1 amide bonds. The molecule has 2 saturated heterocycles. The zero-order valence-electron chi connectivity index (χ0n) is 14.4. The van der Waals surface area contributed by atoms with Gasteiger partial charge in [0, 0.05) is 26.2 Å². The third kappa shape index (κ3) is 3.37. The van der Waals surface area contributed by atoms with Crippen LogP contribution in [0.2, 0.25) is 0 Å². The van der Waals surface area contributed by atoms with Gasteiger partial charge < -0.3 is 14.5 Å². The van der Waals surface area contributed by atoms with Crippen LogP contribution in [0.15, 0.2) is 24.3 Å². The lowest BCUT2D eigenvalue weighted by Gasteiger charge is -2.23. The first kappa shape index (κ1) is 16.3. The molecule has 3 rings (SSSR count). The van der Waals surface area contributed by atoms with Gasteiger partial charge >= 0.3 is 0 Å². The van der Waals surface area contributed by atoms with Gasteiger partial charge in [-0.25, -0.2) is 0 Å². The zero-order valence-corrected chi connectivity index (χ0v) is 14.4. The molecule has 0 aliphatic carbocycles.